The third-order valence-electron chi connectivity index (χ3n) is 3.89. The minimum absolute atomic E-state index is 1.15. The summed E-state index contributed by atoms with van der Waals surface area (Å²) in [4.78, 5) is 0. The van der Waals surface area contributed by atoms with Crippen molar-refractivity contribution in [3.8, 4) is 0 Å². The molecule has 0 spiro atoms. The quantitative estimate of drug-likeness (QED) is 0.693. The Morgan fingerprint density at radius 2 is 1.47 bits per heavy atom. The molecule has 0 aliphatic rings. The lowest BCUT2D eigenvalue weighted by atomic mass is 9.87. The molecule has 0 aliphatic carbocycles. The van der Waals surface area contributed by atoms with Crippen molar-refractivity contribution in [1.29, 1.82) is 0 Å². The van der Waals surface area contributed by atoms with E-state index in [4.69, 9.17) is 0 Å². The molecule has 0 bridgehead atoms. The predicted molar refractivity (Wildman–Crippen MR) is 76.8 cm³/mol. The van der Waals surface area contributed by atoms with Crippen molar-refractivity contribution in [1.82, 2.24) is 0 Å². The van der Waals surface area contributed by atoms with Crippen LogP contribution in [-0.2, 0) is 12.8 Å². The monoisotopic (exact) mass is 226 g/mol. The highest BCUT2D eigenvalue weighted by atomic mass is 14.2. The van der Waals surface area contributed by atoms with Gasteiger partial charge in [-0.05, 0) is 59.7 Å². The summed E-state index contributed by atoms with van der Waals surface area (Å²) in [5.74, 6) is 0. The maximum absolute atomic E-state index is 2.28. The molecule has 0 aromatic heterocycles. The smallest absolute Gasteiger partial charge is 0.0146 e. The third-order valence-corrected chi connectivity index (χ3v) is 3.89. The number of benzene rings is 2. The average molecular weight is 226 g/mol. The van der Waals surface area contributed by atoms with E-state index in [9.17, 15) is 0 Å². The molecule has 0 unspecified atom stereocenters. The van der Waals surface area contributed by atoms with Crippen LogP contribution in [0.3, 0.4) is 0 Å². The van der Waals surface area contributed by atoms with Crippen molar-refractivity contribution in [2.75, 3.05) is 0 Å². The second kappa shape index (κ2) is 4.91. The average Bonchev–Trinajstić information content (AvgIpc) is 2.36. The van der Waals surface area contributed by atoms with E-state index in [2.05, 4.69) is 52.0 Å². The molecule has 0 nitrogen and oxygen atoms in total. The molecule has 0 amide bonds. The third kappa shape index (κ3) is 1.97. The molecule has 17 heavy (non-hydrogen) atoms. The van der Waals surface area contributed by atoms with Gasteiger partial charge in [0, 0.05) is 0 Å². The fraction of sp³-hybridized carbons (Fsp3) is 0.412. The summed E-state index contributed by atoms with van der Waals surface area (Å²) in [6.45, 7) is 9.07. The first-order valence-corrected chi connectivity index (χ1v) is 6.70. The molecule has 0 atom stereocenters. The number of fused-ring (bicyclic) bond motifs is 1. The van der Waals surface area contributed by atoms with Crippen molar-refractivity contribution in [3.05, 3.63) is 46.5 Å². The summed E-state index contributed by atoms with van der Waals surface area (Å²) in [5, 5.41) is 2.90. The minimum Gasteiger partial charge on any atom is -0.0651 e. The van der Waals surface area contributed by atoms with E-state index in [1.807, 2.05) is 0 Å². The number of hydrogen-bond acceptors (Lipinski definition) is 0. The molecule has 0 aliphatic heterocycles. The highest BCUT2D eigenvalue weighted by Crippen LogP contribution is 2.31. The highest BCUT2D eigenvalue weighted by Gasteiger charge is 2.12. The van der Waals surface area contributed by atoms with Crippen molar-refractivity contribution >= 4 is 10.8 Å². The molecule has 0 N–H and O–H groups in total. The predicted octanol–water partition coefficient (Wildman–Crippen LogP) is 4.97. The first-order valence-electron chi connectivity index (χ1n) is 6.70. The molecule has 0 heterocycles. The molecule has 0 heteroatoms. The molecular weight excluding hydrogens is 204 g/mol. The van der Waals surface area contributed by atoms with Gasteiger partial charge in [0.2, 0.25) is 0 Å². The van der Waals surface area contributed by atoms with Crippen LogP contribution in [0.1, 0.15) is 42.5 Å². The maximum atomic E-state index is 2.28. The fourth-order valence-corrected chi connectivity index (χ4v) is 2.90. The summed E-state index contributed by atoms with van der Waals surface area (Å²) in [6.07, 6.45) is 3.57. The van der Waals surface area contributed by atoms with E-state index in [0.717, 1.165) is 6.42 Å². The van der Waals surface area contributed by atoms with Gasteiger partial charge in [-0.25, -0.2) is 0 Å². The molecule has 2 aromatic carbocycles. The van der Waals surface area contributed by atoms with Crippen LogP contribution >= 0.6 is 0 Å². The van der Waals surface area contributed by atoms with Crippen LogP contribution in [0.15, 0.2) is 24.3 Å². The standard InChI is InChI=1S/C17H22/c1-5-9-16-14(6-2)12(3)13(4)15-10-7-8-11-17(15)16/h7-8,10-11H,5-6,9H2,1-4H3. The van der Waals surface area contributed by atoms with Crippen molar-refractivity contribution in [2.24, 2.45) is 0 Å². The van der Waals surface area contributed by atoms with Crippen LogP contribution in [0.25, 0.3) is 10.8 Å². The lowest BCUT2D eigenvalue weighted by molar-refractivity contribution is 0.902. The van der Waals surface area contributed by atoms with Gasteiger partial charge in [0.15, 0.2) is 0 Å². The highest BCUT2D eigenvalue weighted by molar-refractivity contribution is 5.91. The van der Waals surface area contributed by atoms with E-state index >= 15 is 0 Å². The van der Waals surface area contributed by atoms with E-state index in [1.165, 1.54) is 34.7 Å². The maximum Gasteiger partial charge on any atom is -0.0146 e. The molecule has 2 aromatic rings. The summed E-state index contributed by atoms with van der Waals surface area (Å²) in [7, 11) is 0. The Bertz CT molecular complexity index is 535. The van der Waals surface area contributed by atoms with Gasteiger partial charge < -0.3 is 0 Å². The van der Waals surface area contributed by atoms with Crippen molar-refractivity contribution < 1.29 is 0 Å². The van der Waals surface area contributed by atoms with Gasteiger partial charge in [-0.1, -0.05) is 44.5 Å². The van der Waals surface area contributed by atoms with Gasteiger partial charge in [0.25, 0.3) is 0 Å². The molecule has 0 fully saturated rings. The largest absolute Gasteiger partial charge is 0.0651 e. The molecule has 0 saturated carbocycles. The molecule has 0 radical (unpaired) electrons. The van der Waals surface area contributed by atoms with Gasteiger partial charge in [-0.15, -0.1) is 0 Å². The van der Waals surface area contributed by atoms with Crippen LogP contribution in [0, 0.1) is 13.8 Å². The Kier molecular flexibility index (Phi) is 3.51. The van der Waals surface area contributed by atoms with E-state index in [0.29, 0.717) is 0 Å². The van der Waals surface area contributed by atoms with E-state index in [-0.39, 0.29) is 0 Å². The summed E-state index contributed by atoms with van der Waals surface area (Å²) in [5.41, 5.74) is 6.10. The van der Waals surface area contributed by atoms with Gasteiger partial charge >= 0.3 is 0 Å². The zero-order chi connectivity index (χ0) is 12.4. The van der Waals surface area contributed by atoms with E-state index < -0.39 is 0 Å². The summed E-state index contributed by atoms with van der Waals surface area (Å²) in [6, 6.07) is 8.86. The zero-order valence-electron chi connectivity index (χ0n) is 11.4. The zero-order valence-corrected chi connectivity index (χ0v) is 11.4. The van der Waals surface area contributed by atoms with Gasteiger partial charge in [0.1, 0.15) is 0 Å². The SMILES string of the molecule is CCCc1c(CC)c(C)c(C)c2ccccc12. The van der Waals surface area contributed by atoms with Gasteiger partial charge in [-0.2, -0.15) is 0 Å². The number of aryl methyl sites for hydroxylation is 2. The number of hydrogen-bond donors (Lipinski definition) is 0. The Morgan fingerprint density at radius 3 is 2.06 bits per heavy atom. The molecule has 90 valence electrons. The Balaban J connectivity index is 2.86. The van der Waals surface area contributed by atoms with Crippen molar-refractivity contribution in [2.45, 2.75) is 47.0 Å². The topological polar surface area (TPSA) is 0 Å². The lowest BCUT2D eigenvalue weighted by Crippen LogP contribution is -2.00. The fourth-order valence-electron chi connectivity index (χ4n) is 2.90. The number of rotatable bonds is 3. The van der Waals surface area contributed by atoms with Crippen LogP contribution in [0.2, 0.25) is 0 Å². The molecular formula is C17H22. The minimum atomic E-state index is 1.15. The first kappa shape index (κ1) is 12.2. The Hall–Kier alpha value is -1.30. The van der Waals surface area contributed by atoms with Crippen LogP contribution < -0.4 is 0 Å². The second-order valence-corrected chi connectivity index (χ2v) is 4.86. The van der Waals surface area contributed by atoms with Crippen LogP contribution in [0.5, 0.6) is 0 Å². The lowest BCUT2D eigenvalue weighted by Gasteiger charge is -2.17. The molecule has 0 saturated heterocycles. The van der Waals surface area contributed by atoms with E-state index in [1.54, 1.807) is 11.1 Å². The normalized spacial score (nSPS) is 11.1. The van der Waals surface area contributed by atoms with Crippen LogP contribution in [0.4, 0.5) is 0 Å². The van der Waals surface area contributed by atoms with Crippen molar-refractivity contribution in [3.63, 3.8) is 0 Å². The molecule has 2 rings (SSSR count). The first-order chi connectivity index (χ1) is 8.20. The second-order valence-electron chi connectivity index (χ2n) is 4.86. The van der Waals surface area contributed by atoms with Gasteiger partial charge in [-0.3, -0.25) is 0 Å². The van der Waals surface area contributed by atoms with Gasteiger partial charge in [0.05, 0.1) is 0 Å². The Labute approximate surface area is 105 Å². The summed E-state index contributed by atoms with van der Waals surface area (Å²) >= 11 is 0. The Morgan fingerprint density at radius 1 is 0.824 bits per heavy atom. The summed E-state index contributed by atoms with van der Waals surface area (Å²) < 4.78 is 0. The van der Waals surface area contributed by atoms with Crippen LogP contribution in [-0.4, -0.2) is 0 Å².